The van der Waals surface area contributed by atoms with E-state index in [-0.39, 0.29) is 29.5 Å². The van der Waals surface area contributed by atoms with Gasteiger partial charge in [-0.05, 0) is 69.9 Å². The molecule has 1 aromatic rings. The molecule has 3 fully saturated rings. The summed E-state index contributed by atoms with van der Waals surface area (Å²) in [6, 6.07) is 8.24. The molecule has 1 amide bonds. The van der Waals surface area contributed by atoms with Gasteiger partial charge in [0, 0.05) is 32.7 Å². The highest BCUT2D eigenvalue weighted by Crippen LogP contribution is 2.22. The first-order valence-electron chi connectivity index (χ1n) is 12.7. The molecule has 1 aromatic carbocycles. The summed E-state index contributed by atoms with van der Waals surface area (Å²) in [6.07, 6.45) is 7.68. The number of carbonyl (C=O) groups excluding carboxylic acids is 1. The SMILES string of the molecule is N#Cc1ccccc1S(=O)(=O)N1CCN(C(=O)CN2CCC(CN3CCCCCC3)CC2)CC1. The molecule has 3 aliphatic rings. The van der Waals surface area contributed by atoms with Crippen LogP contribution >= 0.6 is 0 Å². The normalized spacial score (nSPS) is 22.3. The molecular formula is C25H37N5O3S. The third kappa shape index (κ3) is 6.16. The standard InChI is InChI=1S/C25H37N5O3S/c26-19-23-7-3-4-8-24(23)34(32,33)30-17-15-29(16-18-30)25(31)21-28-13-9-22(10-14-28)20-27-11-5-1-2-6-12-27/h3-4,7-8,22H,1-2,5-6,9-18,20-21H2. The van der Waals surface area contributed by atoms with E-state index in [2.05, 4.69) is 9.80 Å². The van der Waals surface area contributed by atoms with Crippen molar-refractivity contribution in [2.45, 2.75) is 43.4 Å². The number of amides is 1. The molecule has 0 spiro atoms. The van der Waals surface area contributed by atoms with Gasteiger partial charge in [-0.25, -0.2) is 8.42 Å². The van der Waals surface area contributed by atoms with Crippen LogP contribution in [0.2, 0.25) is 0 Å². The Labute approximate surface area is 204 Å². The molecule has 3 aliphatic heterocycles. The predicted octanol–water partition coefficient (Wildman–Crippen LogP) is 1.98. The molecule has 9 heteroatoms. The number of rotatable bonds is 6. The third-order valence-electron chi connectivity index (χ3n) is 7.50. The molecule has 34 heavy (non-hydrogen) atoms. The van der Waals surface area contributed by atoms with E-state index in [4.69, 9.17) is 0 Å². The van der Waals surface area contributed by atoms with Crippen LogP contribution in [0.5, 0.6) is 0 Å². The van der Waals surface area contributed by atoms with E-state index in [0.29, 0.717) is 19.6 Å². The van der Waals surface area contributed by atoms with Gasteiger partial charge in [0.25, 0.3) is 0 Å². The number of sulfonamides is 1. The quantitative estimate of drug-likeness (QED) is 0.610. The number of nitriles is 1. The van der Waals surface area contributed by atoms with Crippen molar-refractivity contribution in [2.24, 2.45) is 5.92 Å². The predicted molar refractivity (Wildman–Crippen MR) is 131 cm³/mol. The van der Waals surface area contributed by atoms with Crippen LogP contribution in [-0.2, 0) is 14.8 Å². The number of piperazine rings is 1. The average Bonchev–Trinajstić information content (AvgIpc) is 3.14. The maximum Gasteiger partial charge on any atom is 0.244 e. The van der Waals surface area contributed by atoms with Crippen molar-refractivity contribution >= 4 is 15.9 Å². The van der Waals surface area contributed by atoms with Gasteiger partial charge >= 0.3 is 0 Å². The topological polar surface area (TPSA) is 88.0 Å². The number of hydrogen-bond donors (Lipinski definition) is 0. The van der Waals surface area contributed by atoms with E-state index >= 15 is 0 Å². The summed E-state index contributed by atoms with van der Waals surface area (Å²) in [5.74, 6) is 0.815. The fourth-order valence-corrected chi connectivity index (χ4v) is 6.97. The highest BCUT2D eigenvalue weighted by atomic mass is 32.2. The molecule has 0 unspecified atom stereocenters. The van der Waals surface area contributed by atoms with Crippen molar-refractivity contribution in [1.29, 1.82) is 5.26 Å². The van der Waals surface area contributed by atoms with Gasteiger partial charge in [-0.1, -0.05) is 25.0 Å². The van der Waals surface area contributed by atoms with Crippen LogP contribution in [0.15, 0.2) is 29.2 Å². The zero-order chi connectivity index (χ0) is 24.0. The lowest BCUT2D eigenvalue weighted by atomic mass is 9.96. The molecule has 0 saturated carbocycles. The molecular weight excluding hydrogens is 450 g/mol. The fourth-order valence-electron chi connectivity index (χ4n) is 5.40. The Morgan fingerprint density at radius 2 is 1.53 bits per heavy atom. The number of likely N-dealkylation sites (tertiary alicyclic amines) is 2. The molecule has 3 heterocycles. The van der Waals surface area contributed by atoms with Crippen molar-refractivity contribution in [3.63, 3.8) is 0 Å². The molecule has 0 radical (unpaired) electrons. The first kappa shape index (κ1) is 25.1. The molecule has 3 saturated heterocycles. The molecule has 0 bridgehead atoms. The molecule has 186 valence electrons. The highest BCUT2D eigenvalue weighted by Gasteiger charge is 2.32. The van der Waals surface area contributed by atoms with Crippen LogP contribution in [-0.4, -0.2) is 98.8 Å². The summed E-state index contributed by atoms with van der Waals surface area (Å²) in [7, 11) is -3.74. The number of piperidine rings is 1. The summed E-state index contributed by atoms with van der Waals surface area (Å²) in [5.41, 5.74) is 0.153. The van der Waals surface area contributed by atoms with Gasteiger partial charge in [-0.15, -0.1) is 0 Å². The van der Waals surface area contributed by atoms with Gasteiger partial charge in [-0.3, -0.25) is 9.69 Å². The van der Waals surface area contributed by atoms with Crippen molar-refractivity contribution in [3.05, 3.63) is 29.8 Å². The first-order valence-corrected chi connectivity index (χ1v) is 14.1. The van der Waals surface area contributed by atoms with Crippen molar-refractivity contribution in [2.75, 3.05) is 65.4 Å². The highest BCUT2D eigenvalue weighted by molar-refractivity contribution is 7.89. The number of nitrogens with zero attached hydrogens (tertiary/aromatic N) is 5. The van der Waals surface area contributed by atoms with E-state index in [1.165, 1.54) is 61.8 Å². The van der Waals surface area contributed by atoms with Crippen molar-refractivity contribution in [1.82, 2.24) is 19.0 Å². The van der Waals surface area contributed by atoms with Crippen LogP contribution in [0.25, 0.3) is 0 Å². The Kier molecular flexibility index (Phi) is 8.59. The van der Waals surface area contributed by atoms with E-state index in [1.807, 2.05) is 6.07 Å². The lowest BCUT2D eigenvalue weighted by Crippen LogP contribution is -2.53. The summed E-state index contributed by atoms with van der Waals surface area (Å²) in [6.45, 7) is 7.31. The lowest BCUT2D eigenvalue weighted by Gasteiger charge is -2.37. The molecule has 0 N–H and O–H groups in total. The average molecular weight is 488 g/mol. The smallest absolute Gasteiger partial charge is 0.244 e. The summed E-state index contributed by atoms with van der Waals surface area (Å²) >= 11 is 0. The number of hydrogen-bond acceptors (Lipinski definition) is 6. The van der Waals surface area contributed by atoms with E-state index in [1.54, 1.807) is 17.0 Å². The monoisotopic (exact) mass is 487 g/mol. The molecule has 0 atom stereocenters. The van der Waals surface area contributed by atoms with E-state index in [0.717, 1.165) is 31.8 Å². The Bertz CT molecular complexity index is 969. The molecule has 0 aliphatic carbocycles. The minimum atomic E-state index is -3.74. The Morgan fingerprint density at radius 1 is 0.882 bits per heavy atom. The zero-order valence-electron chi connectivity index (χ0n) is 20.1. The van der Waals surface area contributed by atoms with Crippen molar-refractivity contribution in [3.8, 4) is 6.07 Å². The van der Waals surface area contributed by atoms with Gasteiger partial charge in [0.05, 0.1) is 17.0 Å². The van der Waals surface area contributed by atoms with Gasteiger partial charge in [0.2, 0.25) is 15.9 Å². The van der Waals surface area contributed by atoms with Crippen molar-refractivity contribution < 1.29 is 13.2 Å². The number of carbonyl (C=O) groups is 1. The van der Waals surface area contributed by atoms with Gasteiger partial charge < -0.3 is 9.80 Å². The molecule has 4 rings (SSSR count). The van der Waals surface area contributed by atoms with Crippen LogP contribution in [0.4, 0.5) is 0 Å². The van der Waals surface area contributed by atoms with E-state index < -0.39 is 10.0 Å². The maximum atomic E-state index is 13.0. The van der Waals surface area contributed by atoms with E-state index in [9.17, 15) is 18.5 Å². The Morgan fingerprint density at radius 3 is 2.18 bits per heavy atom. The summed E-state index contributed by atoms with van der Waals surface area (Å²) in [5, 5.41) is 9.27. The Balaban J connectivity index is 1.22. The summed E-state index contributed by atoms with van der Waals surface area (Å²) < 4.78 is 27.4. The van der Waals surface area contributed by atoms with Gasteiger partial charge in [0.15, 0.2) is 0 Å². The zero-order valence-corrected chi connectivity index (χ0v) is 20.9. The second kappa shape index (κ2) is 11.6. The van der Waals surface area contributed by atoms with Crippen LogP contribution in [0.3, 0.4) is 0 Å². The fraction of sp³-hybridized carbons (Fsp3) is 0.680. The second-order valence-corrected chi connectivity index (χ2v) is 11.7. The minimum Gasteiger partial charge on any atom is -0.339 e. The third-order valence-corrected chi connectivity index (χ3v) is 9.45. The second-order valence-electron chi connectivity index (χ2n) is 9.83. The lowest BCUT2D eigenvalue weighted by molar-refractivity contribution is -0.134. The summed E-state index contributed by atoms with van der Waals surface area (Å²) in [4.78, 5) is 19.6. The number of benzene rings is 1. The van der Waals surface area contributed by atoms with Crippen LogP contribution < -0.4 is 0 Å². The Hall–Kier alpha value is -1.99. The minimum absolute atomic E-state index is 0.0420. The van der Waals surface area contributed by atoms with Crippen LogP contribution in [0, 0.1) is 17.2 Å². The maximum absolute atomic E-state index is 13.0. The first-order chi connectivity index (χ1) is 16.5. The van der Waals surface area contributed by atoms with Crippen LogP contribution in [0.1, 0.15) is 44.1 Å². The van der Waals surface area contributed by atoms with Gasteiger partial charge in [-0.2, -0.15) is 9.57 Å². The molecule has 8 nitrogen and oxygen atoms in total. The largest absolute Gasteiger partial charge is 0.339 e. The van der Waals surface area contributed by atoms with Gasteiger partial charge in [0.1, 0.15) is 6.07 Å². The molecule has 0 aromatic heterocycles.